The summed E-state index contributed by atoms with van der Waals surface area (Å²) in [6, 6.07) is 10.5. The highest BCUT2D eigenvalue weighted by Gasteiger charge is 2.15. The maximum absolute atomic E-state index is 12.8. The number of amides is 1. The molecule has 150 valence electrons. The number of nitrogens with two attached hydrogens (primary N) is 1. The van der Waals surface area contributed by atoms with Crippen LogP contribution in [0.4, 0.5) is 0 Å². The van der Waals surface area contributed by atoms with Crippen molar-refractivity contribution >= 4 is 37.5 Å². The number of hydrogen-bond donors (Lipinski definition) is 1. The van der Waals surface area contributed by atoms with Crippen molar-refractivity contribution in [3.8, 4) is 0 Å². The minimum Gasteiger partial charge on any atom is -0.312 e. The molecule has 1 amide bonds. The summed E-state index contributed by atoms with van der Waals surface area (Å²) >= 11 is 1.25. The van der Waals surface area contributed by atoms with Gasteiger partial charge in [-0.05, 0) is 67.1 Å². The van der Waals surface area contributed by atoms with Gasteiger partial charge in [0.1, 0.15) is 0 Å². The predicted octanol–water partition coefficient (Wildman–Crippen LogP) is 3.16. The maximum atomic E-state index is 12.8. The molecular formula is C21H21N3O3S2. The molecule has 0 bridgehead atoms. The Labute approximate surface area is 173 Å². The Morgan fingerprint density at radius 2 is 1.93 bits per heavy atom. The van der Waals surface area contributed by atoms with Gasteiger partial charge in [0.15, 0.2) is 4.80 Å². The molecular weight excluding hydrogens is 406 g/mol. The van der Waals surface area contributed by atoms with E-state index in [4.69, 9.17) is 5.14 Å². The minimum atomic E-state index is -3.81. The third-order valence-corrected chi connectivity index (χ3v) is 7.04. The number of carbonyl (C=O) groups excluding carboxylic acids is 1. The standard InChI is InChI=1S/C21H21N3O3S2/c1-2-11-24-18-10-9-17(29(22,26)27)13-19(18)28-21(24)23-20(25)16-8-7-14-5-3-4-6-15(14)12-16/h2,7-10,12-13H,1,3-6,11H2,(H2,22,26,27). The molecule has 6 nitrogen and oxygen atoms in total. The first-order valence-corrected chi connectivity index (χ1v) is 11.7. The van der Waals surface area contributed by atoms with E-state index in [0.717, 1.165) is 24.8 Å². The quantitative estimate of drug-likeness (QED) is 0.648. The van der Waals surface area contributed by atoms with Crippen LogP contribution >= 0.6 is 11.3 Å². The molecule has 3 aromatic rings. The highest BCUT2D eigenvalue weighted by atomic mass is 32.2. The van der Waals surface area contributed by atoms with Gasteiger partial charge in [0.2, 0.25) is 10.0 Å². The number of carbonyl (C=O) groups is 1. The second-order valence-corrected chi connectivity index (χ2v) is 9.64. The van der Waals surface area contributed by atoms with E-state index >= 15 is 0 Å². The molecule has 2 N–H and O–H groups in total. The first kappa shape index (κ1) is 19.8. The number of primary sulfonamides is 1. The first-order valence-electron chi connectivity index (χ1n) is 9.35. The monoisotopic (exact) mass is 427 g/mol. The minimum absolute atomic E-state index is 0.0320. The molecule has 1 heterocycles. The van der Waals surface area contributed by atoms with Crippen LogP contribution in [0.25, 0.3) is 10.2 Å². The molecule has 1 aliphatic carbocycles. The average molecular weight is 428 g/mol. The van der Waals surface area contributed by atoms with Crippen molar-refractivity contribution in [2.75, 3.05) is 0 Å². The highest BCUT2D eigenvalue weighted by molar-refractivity contribution is 7.89. The van der Waals surface area contributed by atoms with Gasteiger partial charge < -0.3 is 4.57 Å². The molecule has 8 heteroatoms. The van der Waals surface area contributed by atoms with Crippen LogP contribution in [0.2, 0.25) is 0 Å². The summed E-state index contributed by atoms with van der Waals surface area (Å²) in [5.41, 5.74) is 3.88. The molecule has 0 atom stereocenters. The van der Waals surface area contributed by atoms with Crippen molar-refractivity contribution in [3.05, 3.63) is 70.5 Å². The Morgan fingerprint density at radius 3 is 2.66 bits per heavy atom. The van der Waals surface area contributed by atoms with E-state index in [1.165, 1.54) is 41.0 Å². The van der Waals surface area contributed by atoms with Gasteiger partial charge in [0.25, 0.3) is 5.91 Å². The molecule has 1 aromatic heterocycles. The maximum Gasteiger partial charge on any atom is 0.279 e. The van der Waals surface area contributed by atoms with Gasteiger partial charge in [0, 0.05) is 12.1 Å². The Morgan fingerprint density at radius 1 is 1.17 bits per heavy atom. The van der Waals surface area contributed by atoms with Crippen molar-refractivity contribution in [1.29, 1.82) is 0 Å². The molecule has 29 heavy (non-hydrogen) atoms. The zero-order valence-corrected chi connectivity index (χ0v) is 17.4. The number of thiazole rings is 1. The number of sulfonamides is 1. The van der Waals surface area contributed by atoms with Crippen molar-refractivity contribution in [2.24, 2.45) is 10.1 Å². The lowest BCUT2D eigenvalue weighted by atomic mass is 9.90. The van der Waals surface area contributed by atoms with Gasteiger partial charge in [-0.25, -0.2) is 13.6 Å². The van der Waals surface area contributed by atoms with Crippen LogP contribution in [0.3, 0.4) is 0 Å². The molecule has 0 aliphatic heterocycles. The van der Waals surface area contributed by atoms with Crippen molar-refractivity contribution in [2.45, 2.75) is 37.1 Å². The molecule has 0 saturated heterocycles. The number of fused-ring (bicyclic) bond motifs is 2. The lowest BCUT2D eigenvalue weighted by molar-refractivity contribution is 0.0997. The number of hydrogen-bond acceptors (Lipinski definition) is 4. The lowest BCUT2D eigenvalue weighted by Gasteiger charge is -2.15. The molecule has 2 aromatic carbocycles. The molecule has 1 aliphatic rings. The number of benzene rings is 2. The largest absolute Gasteiger partial charge is 0.312 e. The first-order chi connectivity index (χ1) is 13.9. The topological polar surface area (TPSA) is 94.5 Å². The van der Waals surface area contributed by atoms with E-state index in [-0.39, 0.29) is 10.8 Å². The fourth-order valence-corrected chi connectivity index (χ4v) is 5.33. The van der Waals surface area contributed by atoms with Gasteiger partial charge in [-0.2, -0.15) is 4.99 Å². The second kappa shape index (κ2) is 7.70. The summed E-state index contributed by atoms with van der Waals surface area (Å²) in [5, 5.41) is 5.24. The zero-order chi connectivity index (χ0) is 20.6. The summed E-state index contributed by atoms with van der Waals surface area (Å²) in [5.74, 6) is -0.311. The van der Waals surface area contributed by atoms with Crippen LogP contribution < -0.4 is 9.94 Å². The van der Waals surface area contributed by atoms with E-state index < -0.39 is 10.0 Å². The van der Waals surface area contributed by atoms with E-state index in [2.05, 4.69) is 11.6 Å². The summed E-state index contributed by atoms with van der Waals surface area (Å²) in [4.78, 5) is 17.7. The van der Waals surface area contributed by atoms with Crippen LogP contribution in [-0.4, -0.2) is 18.9 Å². The van der Waals surface area contributed by atoms with Crippen LogP contribution in [0, 0.1) is 0 Å². The molecule has 4 rings (SSSR count). The van der Waals surface area contributed by atoms with Gasteiger partial charge in [-0.1, -0.05) is 23.5 Å². The smallest absolute Gasteiger partial charge is 0.279 e. The van der Waals surface area contributed by atoms with Gasteiger partial charge in [-0.3, -0.25) is 4.79 Å². The average Bonchev–Trinajstić information content (AvgIpc) is 3.03. The highest BCUT2D eigenvalue weighted by Crippen LogP contribution is 2.23. The molecule has 0 unspecified atom stereocenters. The SMILES string of the molecule is C=CCn1c(=NC(=O)c2ccc3c(c2)CCCC3)sc2cc(S(N)(=O)=O)ccc21. The summed E-state index contributed by atoms with van der Waals surface area (Å²) in [6.45, 7) is 4.22. The van der Waals surface area contributed by atoms with Gasteiger partial charge in [-0.15, -0.1) is 6.58 Å². The fraction of sp³-hybridized carbons (Fsp3) is 0.238. The Hall–Kier alpha value is -2.55. The second-order valence-electron chi connectivity index (χ2n) is 7.07. The van der Waals surface area contributed by atoms with Crippen LogP contribution in [0.1, 0.15) is 34.3 Å². The Balaban J connectivity index is 1.81. The Kier molecular flexibility index (Phi) is 5.24. The van der Waals surface area contributed by atoms with Crippen LogP contribution in [-0.2, 0) is 29.4 Å². The van der Waals surface area contributed by atoms with Crippen molar-refractivity contribution < 1.29 is 13.2 Å². The number of aromatic nitrogens is 1. The zero-order valence-electron chi connectivity index (χ0n) is 15.8. The van der Waals surface area contributed by atoms with E-state index in [1.54, 1.807) is 12.1 Å². The number of allylic oxidation sites excluding steroid dienone is 1. The summed E-state index contributed by atoms with van der Waals surface area (Å²) in [6.07, 6.45) is 6.09. The van der Waals surface area contributed by atoms with E-state index in [9.17, 15) is 13.2 Å². The number of nitrogens with zero attached hydrogens (tertiary/aromatic N) is 2. The molecule has 0 spiro atoms. The summed E-state index contributed by atoms with van der Waals surface area (Å²) in [7, 11) is -3.81. The fourth-order valence-electron chi connectivity index (χ4n) is 3.64. The third-order valence-electron chi connectivity index (χ3n) is 5.09. The molecule has 0 saturated carbocycles. The predicted molar refractivity (Wildman–Crippen MR) is 114 cm³/mol. The van der Waals surface area contributed by atoms with Crippen molar-refractivity contribution in [1.82, 2.24) is 4.57 Å². The van der Waals surface area contributed by atoms with Gasteiger partial charge >= 0.3 is 0 Å². The van der Waals surface area contributed by atoms with Crippen LogP contribution in [0.15, 0.2) is 58.9 Å². The molecule has 0 radical (unpaired) electrons. The normalized spacial score (nSPS) is 14.7. The van der Waals surface area contributed by atoms with E-state index in [1.807, 2.05) is 22.8 Å². The summed E-state index contributed by atoms with van der Waals surface area (Å²) < 4.78 is 25.8. The van der Waals surface area contributed by atoms with Crippen molar-refractivity contribution in [3.63, 3.8) is 0 Å². The van der Waals surface area contributed by atoms with E-state index in [0.29, 0.717) is 21.6 Å². The third kappa shape index (κ3) is 3.96. The molecule has 0 fully saturated rings. The van der Waals surface area contributed by atoms with Gasteiger partial charge in [0.05, 0.1) is 15.1 Å². The number of rotatable bonds is 4. The van der Waals surface area contributed by atoms with Crippen LogP contribution in [0.5, 0.6) is 0 Å². The number of aryl methyl sites for hydroxylation is 2. The lowest BCUT2D eigenvalue weighted by Crippen LogP contribution is -2.16. The Bertz CT molecular complexity index is 1300.